The first-order valence-electron chi connectivity index (χ1n) is 18.1. The summed E-state index contributed by atoms with van der Waals surface area (Å²) in [7, 11) is 0. The first-order chi connectivity index (χ1) is 22.6. The predicted octanol–water partition coefficient (Wildman–Crippen LogP) is 9.68. The topological polar surface area (TPSA) is 7.76 Å². The zero-order chi connectivity index (χ0) is 32.6. The lowest BCUT2D eigenvalue weighted by molar-refractivity contribution is -0.756. The van der Waals surface area contributed by atoms with Crippen LogP contribution in [0.5, 0.6) is 0 Å². The van der Waals surface area contributed by atoms with Gasteiger partial charge in [0.25, 0.3) is 0 Å². The van der Waals surface area contributed by atoms with Gasteiger partial charge in [-0.3, -0.25) is 0 Å². The number of hydrogen-bond donors (Lipinski definition) is 0. The van der Waals surface area contributed by atoms with Gasteiger partial charge in [0.15, 0.2) is 24.0 Å². The standard InChI is InChI=1S/C44H47FN2/c1-8-11-12-28-15-16-32-37-30(28)20-22-47-40(37)38-33(17-18-34(45)39(38)42(32,6)7)43(9-2)41(44(43,47)10-3)36-25-29-14-13-26(4)23-31(29)35-24-27(5)19-21-46(35)36/h13-24,36,41H,8-12,25H2,1-7H3/q+2. The number of unbranched alkanes of at least 4 members (excludes halogenated alkanes) is 1. The van der Waals surface area contributed by atoms with Crippen molar-refractivity contribution in [1.29, 1.82) is 0 Å². The maximum Gasteiger partial charge on any atom is 0.221 e. The van der Waals surface area contributed by atoms with E-state index in [2.05, 4.69) is 125 Å². The van der Waals surface area contributed by atoms with Gasteiger partial charge in [0.2, 0.25) is 11.4 Å². The summed E-state index contributed by atoms with van der Waals surface area (Å²) in [5.41, 5.74) is 13.6. The molecule has 238 valence electrons. The van der Waals surface area contributed by atoms with Crippen molar-refractivity contribution in [2.24, 2.45) is 5.92 Å². The molecule has 47 heavy (non-hydrogen) atoms. The van der Waals surface area contributed by atoms with Gasteiger partial charge in [-0.25, -0.2) is 4.39 Å². The summed E-state index contributed by atoms with van der Waals surface area (Å²) >= 11 is 0. The number of halogens is 1. The van der Waals surface area contributed by atoms with E-state index in [1.165, 1.54) is 79.5 Å². The number of hydrogen-bond acceptors (Lipinski definition) is 0. The Morgan fingerprint density at radius 1 is 0.851 bits per heavy atom. The number of fused-ring (bicyclic) bond motifs is 6. The van der Waals surface area contributed by atoms with E-state index in [9.17, 15) is 0 Å². The number of pyridine rings is 2. The van der Waals surface area contributed by atoms with Crippen LogP contribution in [0.4, 0.5) is 4.39 Å². The largest absolute Gasteiger partial charge is 0.221 e. The highest BCUT2D eigenvalue weighted by Gasteiger charge is 2.88. The molecule has 4 aliphatic rings. The zero-order valence-corrected chi connectivity index (χ0v) is 29.1. The average molecular weight is 623 g/mol. The van der Waals surface area contributed by atoms with E-state index in [0.717, 1.165) is 31.2 Å². The van der Waals surface area contributed by atoms with Crippen LogP contribution in [0.2, 0.25) is 0 Å². The first-order valence-corrected chi connectivity index (χ1v) is 18.1. The Balaban J connectivity index is 1.37. The minimum atomic E-state index is -0.435. The van der Waals surface area contributed by atoms with Gasteiger partial charge in [-0.05, 0) is 78.4 Å². The van der Waals surface area contributed by atoms with Crippen molar-refractivity contribution in [3.8, 4) is 22.5 Å². The van der Waals surface area contributed by atoms with Crippen molar-refractivity contribution >= 4 is 10.8 Å². The van der Waals surface area contributed by atoms with Crippen molar-refractivity contribution in [2.45, 2.75) is 109 Å². The van der Waals surface area contributed by atoms with Crippen LogP contribution < -0.4 is 9.13 Å². The number of rotatable bonds is 6. The van der Waals surface area contributed by atoms with E-state index in [1.54, 1.807) is 0 Å². The average Bonchev–Trinajstić information content (AvgIpc) is 3.70. The van der Waals surface area contributed by atoms with Crippen LogP contribution in [0, 0.1) is 25.6 Å². The highest BCUT2D eigenvalue weighted by Crippen LogP contribution is 2.76. The van der Waals surface area contributed by atoms with E-state index >= 15 is 4.39 Å². The van der Waals surface area contributed by atoms with Crippen LogP contribution >= 0.6 is 0 Å². The fraction of sp³-hybridized carbons (Fsp3) is 0.409. The molecule has 0 amide bonds. The third kappa shape index (κ3) is 3.36. The minimum absolute atomic E-state index is 0.0670. The molecule has 4 heterocycles. The molecule has 2 aromatic heterocycles. The molecule has 1 saturated carbocycles. The molecular weight excluding hydrogens is 575 g/mol. The summed E-state index contributed by atoms with van der Waals surface area (Å²) in [5, 5.41) is 2.72. The number of nitrogens with zero attached hydrogens (tertiary/aromatic N) is 2. The van der Waals surface area contributed by atoms with Crippen LogP contribution in [-0.4, -0.2) is 0 Å². The summed E-state index contributed by atoms with van der Waals surface area (Å²) in [4.78, 5) is 0. The second-order valence-electron chi connectivity index (χ2n) is 15.7. The van der Waals surface area contributed by atoms with Crippen LogP contribution in [0.25, 0.3) is 33.3 Å². The monoisotopic (exact) mass is 622 g/mol. The highest BCUT2D eigenvalue weighted by molar-refractivity contribution is 6.03. The van der Waals surface area contributed by atoms with Gasteiger partial charge in [-0.1, -0.05) is 76.9 Å². The second-order valence-corrected chi connectivity index (χ2v) is 15.7. The molecule has 3 aromatic carbocycles. The van der Waals surface area contributed by atoms with Crippen LogP contribution in [0.15, 0.2) is 73.1 Å². The molecule has 4 atom stereocenters. The fourth-order valence-corrected chi connectivity index (χ4v) is 11.4. The molecular formula is C44H47FN2+2. The Hall–Kier alpha value is -3.85. The maximum atomic E-state index is 16.4. The summed E-state index contributed by atoms with van der Waals surface area (Å²) < 4.78 is 21.8. The van der Waals surface area contributed by atoms with Gasteiger partial charge in [-0.2, -0.15) is 9.13 Å². The third-order valence-electron chi connectivity index (χ3n) is 13.3. The van der Waals surface area contributed by atoms with E-state index in [-0.39, 0.29) is 16.8 Å². The van der Waals surface area contributed by atoms with E-state index in [4.69, 9.17) is 0 Å². The molecule has 1 fully saturated rings. The van der Waals surface area contributed by atoms with Crippen molar-refractivity contribution in [3.05, 3.63) is 118 Å². The van der Waals surface area contributed by atoms with Gasteiger partial charge in [0.05, 0.1) is 16.4 Å². The number of aromatic nitrogens is 2. The van der Waals surface area contributed by atoms with Gasteiger partial charge in [0, 0.05) is 47.6 Å². The molecule has 2 nitrogen and oxygen atoms in total. The Morgan fingerprint density at radius 3 is 2.40 bits per heavy atom. The third-order valence-corrected chi connectivity index (χ3v) is 13.3. The van der Waals surface area contributed by atoms with Crippen molar-refractivity contribution in [3.63, 3.8) is 0 Å². The molecule has 5 aromatic rings. The lowest BCUT2D eigenvalue weighted by Crippen LogP contribution is -2.57. The van der Waals surface area contributed by atoms with Crippen molar-refractivity contribution < 1.29 is 13.5 Å². The summed E-state index contributed by atoms with van der Waals surface area (Å²) in [6.07, 6.45) is 11.3. The van der Waals surface area contributed by atoms with E-state index in [1.807, 2.05) is 6.07 Å². The zero-order valence-electron chi connectivity index (χ0n) is 29.1. The van der Waals surface area contributed by atoms with Crippen LogP contribution in [0.1, 0.15) is 105 Å². The molecule has 2 aliphatic heterocycles. The molecule has 2 aliphatic carbocycles. The quantitative estimate of drug-likeness (QED) is 0.167. The highest BCUT2D eigenvalue weighted by atomic mass is 19.1. The van der Waals surface area contributed by atoms with E-state index in [0.29, 0.717) is 12.0 Å². The van der Waals surface area contributed by atoms with E-state index < -0.39 is 5.41 Å². The Labute approximate surface area is 279 Å². The van der Waals surface area contributed by atoms with Gasteiger partial charge in [0.1, 0.15) is 11.7 Å². The first kappa shape index (κ1) is 29.3. The minimum Gasteiger partial charge on any atom is -0.207 e. The van der Waals surface area contributed by atoms with Crippen LogP contribution in [-0.2, 0) is 29.2 Å². The predicted molar refractivity (Wildman–Crippen MR) is 188 cm³/mol. The second kappa shape index (κ2) is 9.62. The Bertz CT molecular complexity index is 2170. The van der Waals surface area contributed by atoms with Crippen molar-refractivity contribution in [2.75, 3.05) is 0 Å². The summed E-state index contributed by atoms with van der Waals surface area (Å²) in [5.74, 6) is 0.294. The maximum absolute atomic E-state index is 16.4. The van der Waals surface area contributed by atoms with Gasteiger partial charge < -0.3 is 0 Å². The smallest absolute Gasteiger partial charge is 0.207 e. The number of benzene rings is 3. The molecule has 3 heteroatoms. The molecule has 0 saturated heterocycles. The summed E-state index contributed by atoms with van der Waals surface area (Å²) in [6.45, 7) is 16.0. The Morgan fingerprint density at radius 2 is 1.64 bits per heavy atom. The SMILES string of the molecule is CCCCc1ccc2c3c4[n+](ccc13)C1(CC)C(C3Cc5ccc(C)cc5-c5cc(C)cc[n+]53)C1(CC)c1ccc(F)c(c1-4)C2(C)C. The van der Waals surface area contributed by atoms with Crippen molar-refractivity contribution in [1.82, 2.24) is 0 Å². The lowest BCUT2D eigenvalue weighted by Gasteiger charge is -2.39. The molecule has 0 bridgehead atoms. The lowest BCUT2D eigenvalue weighted by atomic mass is 9.65. The molecule has 4 unspecified atom stereocenters. The molecule has 0 spiro atoms. The Kier molecular flexibility index (Phi) is 6.00. The molecule has 9 rings (SSSR count). The number of aryl methyl sites for hydroxylation is 3. The van der Waals surface area contributed by atoms with Crippen LogP contribution in [0.3, 0.4) is 0 Å². The summed E-state index contributed by atoms with van der Waals surface area (Å²) in [6, 6.07) is 23.1. The van der Waals surface area contributed by atoms with Gasteiger partial charge in [-0.15, -0.1) is 0 Å². The fourth-order valence-electron chi connectivity index (χ4n) is 11.4. The molecule has 0 radical (unpaired) electrons. The molecule has 0 N–H and O–H groups in total. The normalized spacial score (nSPS) is 25.3. The van der Waals surface area contributed by atoms with Gasteiger partial charge >= 0.3 is 0 Å².